The second-order valence-corrected chi connectivity index (χ2v) is 5.75. The van der Waals surface area contributed by atoms with Crippen LogP contribution in [0.5, 0.6) is 5.75 Å². The van der Waals surface area contributed by atoms with Crippen LogP contribution in [0.4, 0.5) is 14.5 Å². The van der Waals surface area contributed by atoms with Gasteiger partial charge in [-0.3, -0.25) is 0 Å². The van der Waals surface area contributed by atoms with Crippen molar-refractivity contribution in [2.45, 2.75) is 13.3 Å². The van der Waals surface area contributed by atoms with Crippen molar-refractivity contribution in [3.8, 4) is 5.75 Å². The number of phenols is 1. The van der Waals surface area contributed by atoms with Crippen molar-refractivity contribution in [3.63, 3.8) is 0 Å². The fraction of sp³-hybridized carbons (Fsp3) is 0.100. The Kier molecular flexibility index (Phi) is 4.57. The maximum Gasteiger partial charge on any atom is 0.149 e. The smallest absolute Gasteiger partial charge is 0.149 e. The molecule has 25 heavy (non-hydrogen) atoms. The number of para-hydroxylation sites is 1. The van der Waals surface area contributed by atoms with Crippen molar-refractivity contribution >= 4 is 11.4 Å². The van der Waals surface area contributed by atoms with Gasteiger partial charge in [0.1, 0.15) is 34.6 Å². The number of phenolic OH excluding ortho intramolecular Hbond substituents is 1. The highest BCUT2D eigenvalue weighted by Crippen LogP contribution is 2.26. The molecule has 0 saturated heterocycles. The van der Waals surface area contributed by atoms with Gasteiger partial charge in [0, 0.05) is 6.42 Å². The molecule has 0 unspecified atom stereocenters. The zero-order chi connectivity index (χ0) is 18.0. The van der Waals surface area contributed by atoms with Crippen LogP contribution >= 0.6 is 0 Å². The fourth-order valence-electron chi connectivity index (χ4n) is 2.50. The minimum Gasteiger partial charge on any atom is -0.508 e. The molecular weight excluding hydrogens is 324 g/mol. The second kappa shape index (κ2) is 6.81. The van der Waals surface area contributed by atoms with Gasteiger partial charge in [-0.15, -0.1) is 0 Å². The second-order valence-electron chi connectivity index (χ2n) is 5.75. The van der Waals surface area contributed by atoms with Crippen molar-refractivity contribution in [3.05, 3.63) is 89.4 Å². The number of anilines is 1. The number of rotatable bonds is 5. The largest absolute Gasteiger partial charge is 0.508 e. The molecule has 2 aromatic carbocycles. The van der Waals surface area contributed by atoms with E-state index < -0.39 is 11.6 Å². The molecule has 0 atom stereocenters. The zero-order valence-electron chi connectivity index (χ0n) is 13.6. The molecule has 5 heteroatoms. The number of hydrogen-bond donors (Lipinski definition) is 2. The number of aromatic hydroxyl groups is 1. The third-order valence-electron chi connectivity index (χ3n) is 3.90. The summed E-state index contributed by atoms with van der Waals surface area (Å²) < 4.78 is 33.1. The van der Waals surface area contributed by atoms with Gasteiger partial charge in [-0.25, -0.2) is 8.78 Å². The van der Waals surface area contributed by atoms with Crippen molar-refractivity contribution in [1.82, 2.24) is 0 Å². The number of furan rings is 1. The lowest BCUT2D eigenvalue weighted by Gasteiger charge is -2.09. The molecule has 0 aliphatic heterocycles. The lowest BCUT2D eigenvalue weighted by molar-refractivity contribution is 0.473. The Bertz CT molecular complexity index is 911. The SMILES string of the molecule is C=C(Nc1c(F)cccc1F)c1ccc(Cc2cc(O)ccc2C)o1. The molecule has 3 rings (SSSR count). The molecule has 0 aliphatic carbocycles. The number of nitrogens with one attached hydrogen (secondary N) is 1. The van der Waals surface area contributed by atoms with E-state index in [1.807, 2.05) is 13.0 Å². The summed E-state index contributed by atoms with van der Waals surface area (Å²) in [5, 5.41) is 12.2. The summed E-state index contributed by atoms with van der Waals surface area (Å²) in [6.45, 7) is 5.72. The standard InChI is InChI=1S/C20H17F2NO2/c1-12-6-7-15(24)10-14(12)11-16-8-9-19(25-16)13(2)23-20-17(21)4-3-5-18(20)22/h3-10,23-24H,2,11H2,1H3. The number of benzene rings is 2. The fourth-order valence-corrected chi connectivity index (χ4v) is 2.50. The van der Waals surface area contributed by atoms with Crippen LogP contribution in [0.25, 0.3) is 5.70 Å². The average molecular weight is 341 g/mol. The average Bonchev–Trinajstić information content (AvgIpc) is 3.03. The summed E-state index contributed by atoms with van der Waals surface area (Å²) in [4.78, 5) is 0. The van der Waals surface area contributed by atoms with Gasteiger partial charge in [-0.1, -0.05) is 18.7 Å². The molecule has 0 bridgehead atoms. The van der Waals surface area contributed by atoms with Crippen LogP contribution in [0, 0.1) is 18.6 Å². The monoisotopic (exact) mass is 341 g/mol. The minimum atomic E-state index is -0.705. The van der Waals surface area contributed by atoms with Crippen molar-refractivity contribution in [2.75, 3.05) is 5.32 Å². The molecule has 0 saturated carbocycles. The number of halogens is 2. The van der Waals surface area contributed by atoms with Crippen LogP contribution in [0.2, 0.25) is 0 Å². The van der Waals surface area contributed by atoms with Gasteiger partial charge in [0.15, 0.2) is 0 Å². The molecule has 1 aromatic heterocycles. The summed E-state index contributed by atoms with van der Waals surface area (Å²) in [7, 11) is 0. The van der Waals surface area contributed by atoms with Gasteiger partial charge in [-0.2, -0.15) is 0 Å². The first-order chi connectivity index (χ1) is 11.9. The lowest BCUT2D eigenvalue weighted by Crippen LogP contribution is -2.01. The molecule has 0 aliphatic rings. The summed E-state index contributed by atoms with van der Waals surface area (Å²) in [5.41, 5.74) is 1.94. The predicted molar refractivity (Wildman–Crippen MR) is 93.4 cm³/mol. The molecular formula is C20H17F2NO2. The van der Waals surface area contributed by atoms with E-state index in [2.05, 4.69) is 11.9 Å². The molecule has 0 radical (unpaired) electrons. The first kappa shape index (κ1) is 16.8. The van der Waals surface area contributed by atoms with Crippen LogP contribution in [0.15, 0.2) is 59.5 Å². The highest BCUT2D eigenvalue weighted by atomic mass is 19.1. The summed E-state index contributed by atoms with van der Waals surface area (Å²) in [6.07, 6.45) is 0.488. The first-order valence-corrected chi connectivity index (χ1v) is 7.71. The maximum atomic E-state index is 13.7. The lowest BCUT2D eigenvalue weighted by atomic mass is 10.0. The van der Waals surface area contributed by atoms with E-state index in [9.17, 15) is 13.9 Å². The van der Waals surface area contributed by atoms with Crippen molar-refractivity contribution in [2.24, 2.45) is 0 Å². The molecule has 0 spiro atoms. The van der Waals surface area contributed by atoms with Gasteiger partial charge in [0.2, 0.25) is 0 Å². The molecule has 1 heterocycles. The Hall–Kier alpha value is -3.08. The Morgan fingerprint density at radius 3 is 2.56 bits per heavy atom. The number of hydrogen-bond acceptors (Lipinski definition) is 3. The molecule has 0 amide bonds. The summed E-state index contributed by atoms with van der Waals surface area (Å²) >= 11 is 0. The van der Waals surface area contributed by atoms with Gasteiger partial charge < -0.3 is 14.8 Å². The number of aryl methyl sites for hydroxylation is 1. The molecule has 0 fully saturated rings. The normalized spacial score (nSPS) is 10.7. The van der Waals surface area contributed by atoms with Crippen molar-refractivity contribution in [1.29, 1.82) is 0 Å². The third kappa shape index (κ3) is 3.71. The van der Waals surface area contributed by atoms with Crippen molar-refractivity contribution < 1.29 is 18.3 Å². The first-order valence-electron chi connectivity index (χ1n) is 7.71. The molecule has 3 aromatic rings. The van der Waals surface area contributed by atoms with E-state index in [4.69, 9.17) is 4.42 Å². The van der Waals surface area contributed by atoms with Gasteiger partial charge in [0.25, 0.3) is 0 Å². The van der Waals surface area contributed by atoms with Gasteiger partial charge >= 0.3 is 0 Å². The summed E-state index contributed by atoms with van der Waals surface area (Å²) in [5.74, 6) is -0.184. The van der Waals surface area contributed by atoms with Crippen LogP contribution < -0.4 is 5.32 Å². The van der Waals surface area contributed by atoms with Crippen LogP contribution in [-0.4, -0.2) is 5.11 Å². The quantitative estimate of drug-likeness (QED) is 0.666. The Morgan fingerprint density at radius 1 is 1.12 bits per heavy atom. The van der Waals surface area contributed by atoms with Gasteiger partial charge in [-0.05, 0) is 54.4 Å². The van der Waals surface area contributed by atoms with E-state index in [0.717, 1.165) is 23.3 Å². The van der Waals surface area contributed by atoms with E-state index in [0.29, 0.717) is 17.9 Å². The zero-order valence-corrected chi connectivity index (χ0v) is 13.6. The topological polar surface area (TPSA) is 45.4 Å². The Morgan fingerprint density at radius 2 is 1.84 bits per heavy atom. The molecule has 2 N–H and O–H groups in total. The Labute approximate surface area is 144 Å². The highest BCUT2D eigenvalue weighted by Gasteiger charge is 2.13. The van der Waals surface area contributed by atoms with E-state index in [-0.39, 0.29) is 17.1 Å². The molecule has 3 nitrogen and oxygen atoms in total. The third-order valence-corrected chi connectivity index (χ3v) is 3.90. The summed E-state index contributed by atoms with van der Waals surface area (Å²) in [6, 6.07) is 12.2. The minimum absolute atomic E-state index is 0.188. The van der Waals surface area contributed by atoms with E-state index in [1.165, 1.54) is 6.07 Å². The van der Waals surface area contributed by atoms with Gasteiger partial charge in [0.05, 0.1) is 5.70 Å². The predicted octanol–water partition coefficient (Wildman–Crippen LogP) is 5.25. The van der Waals surface area contributed by atoms with Crippen LogP contribution in [0.1, 0.15) is 22.6 Å². The highest BCUT2D eigenvalue weighted by molar-refractivity contribution is 5.73. The molecule has 128 valence electrons. The van der Waals surface area contributed by atoms with Crippen LogP contribution in [-0.2, 0) is 6.42 Å². The Balaban J connectivity index is 1.77. The van der Waals surface area contributed by atoms with E-state index >= 15 is 0 Å². The maximum absolute atomic E-state index is 13.7. The van der Waals surface area contributed by atoms with E-state index in [1.54, 1.807) is 24.3 Å². The van der Waals surface area contributed by atoms with Crippen LogP contribution in [0.3, 0.4) is 0 Å².